The van der Waals surface area contributed by atoms with Crippen molar-refractivity contribution in [1.82, 2.24) is 0 Å². The average molecular weight is 338 g/mol. The van der Waals surface area contributed by atoms with Crippen LogP contribution < -0.4 is 4.90 Å². The van der Waals surface area contributed by atoms with Gasteiger partial charge in [0.05, 0.1) is 17.2 Å². The SMILES string of the molecule is CCCN(C(=O)C(=[N+]=[N-])C(C)=O)c1ccc(C#N)c(C(F)(F)F)c1. The number of anilines is 1. The van der Waals surface area contributed by atoms with Crippen LogP contribution in [-0.2, 0) is 15.8 Å². The summed E-state index contributed by atoms with van der Waals surface area (Å²) in [5.41, 5.74) is 6.07. The number of alkyl halides is 3. The lowest BCUT2D eigenvalue weighted by Gasteiger charge is -2.21. The Labute approximate surface area is 135 Å². The van der Waals surface area contributed by atoms with E-state index >= 15 is 0 Å². The van der Waals surface area contributed by atoms with Gasteiger partial charge in [-0.15, -0.1) is 0 Å². The van der Waals surface area contributed by atoms with E-state index in [9.17, 15) is 22.8 Å². The first-order valence-corrected chi connectivity index (χ1v) is 6.83. The number of nitrogens with zero attached hydrogens (tertiary/aromatic N) is 4. The van der Waals surface area contributed by atoms with Gasteiger partial charge < -0.3 is 10.4 Å². The third-order valence-electron chi connectivity index (χ3n) is 3.07. The molecule has 0 N–H and O–H groups in total. The number of hydrogen-bond acceptors (Lipinski definition) is 3. The Morgan fingerprint density at radius 1 is 1.38 bits per heavy atom. The summed E-state index contributed by atoms with van der Waals surface area (Å²) in [4.78, 5) is 27.1. The molecule has 1 aromatic carbocycles. The predicted octanol–water partition coefficient (Wildman–Crippen LogP) is 2.58. The fourth-order valence-electron chi connectivity index (χ4n) is 2.00. The Kier molecular flexibility index (Phi) is 5.98. The summed E-state index contributed by atoms with van der Waals surface area (Å²) >= 11 is 0. The number of halogens is 3. The molecular formula is C15H13F3N4O2. The predicted molar refractivity (Wildman–Crippen MR) is 78.1 cm³/mol. The zero-order valence-corrected chi connectivity index (χ0v) is 12.9. The number of carbonyl (C=O) groups is 2. The van der Waals surface area contributed by atoms with Crippen LogP contribution in [0, 0.1) is 11.3 Å². The first-order valence-electron chi connectivity index (χ1n) is 6.83. The van der Waals surface area contributed by atoms with Gasteiger partial charge in [-0.05, 0) is 24.6 Å². The van der Waals surface area contributed by atoms with Gasteiger partial charge in [0.2, 0.25) is 5.78 Å². The van der Waals surface area contributed by atoms with E-state index in [0.29, 0.717) is 12.5 Å². The second-order valence-electron chi connectivity index (χ2n) is 4.80. The van der Waals surface area contributed by atoms with Gasteiger partial charge in [0.15, 0.2) is 0 Å². The smallest absolute Gasteiger partial charge is 0.360 e. The van der Waals surface area contributed by atoms with Gasteiger partial charge in [0.1, 0.15) is 0 Å². The molecule has 0 radical (unpaired) electrons. The van der Waals surface area contributed by atoms with Gasteiger partial charge in [0.25, 0.3) is 0 Å². The molecule has 0 aliphatic carbocycles. The number of benzene rings is 1. The van der Waals surface area contributed by atoms with E-state index in [2.05, 4.69) is 4.79 Å². The Morgan fingerprint density at radius 2 is 2.00 bits per heavy atom. The summed E-state index contributed by atoms with van der Waals surface area (Å²) in [7, 11) is 0. The number of nitriles is 1. The summed E-state index contributed by atoms with van der Waals surface area (Å²) in [5, 5.41) is 8.80. The van der Waals surface area contributed by atoms with E-state index in [4.69, 9.17) is 10.8 Å². The maximum absolute atomic E-state index is 13.0. The number of amides is 1. The fraction of sp³-hybridized carbons (Fsp3) is 0.333. The standard InChI is InChI=1S/C15H13F3N4O2/c1-3-6-22(14(24)13(21-20)9(2)23)11-5-4-10(8-19)12(7-11)15(16,17)18/h4-5,7H,3,6H2,1-2H3. The van der Waals surface area contributed by atoms with Crippen LogP contribution in [0.15, 0.2) is 18.2 Å². The molecule has 0 heterocycles. The minimum absolute atomic E-state index is 0.00562. The van der Waals surface area contributed by atoms with Crippen LogP contribution in [0.2, 0.25) is 0 Å². The van der Waals surface area contributed by atoms with E-state index in [1.54, 1.807) is 6.92 Å². The summed E-state index contributed by atoms with van der Waals surface area (Å²) in [6.07, 6.45) is -4.40. The summed E-state index contributed by atoms with van der Waals surface area (Å²) < 4.78 is 39.1. The average Bonchev–Trinajstić information content (AvgIpc) is 2.51. The third kappa shape index (κ3) is 4.06. The Hall–Kier alpha value is -2.98. The van der Waals surface area contributed by atoms with Crippen molar-refractivity contribution < 1.29 is 27.6 Å². The topological polar surface area (TPSA) is 97.6 Å². The third-order valence-corrected chi connectivity index (χ3v) is 3.07. The molecule has 1 rings (SSSR count). The molecule has 24 heavy (non-hydrogen) atoms. The Balaban J connectivity index is 3.48. The van der Waals surface area contributed by atoms with Crippen molar-refractivity contribution >= 4 is 23.1 Å². The van der Waals surface area contributed by atoms with Crippen LogP contribution in [0.3, 0.4) is 0 Å². The van der Waals surface area contributed by atoms with E-state index in [0.717, 1.165) is 24.0 Å². The first-order chi connectivity index (χ1) is 11.2. The van der Waals surface area contributed by atoms with E-state index in [-0.39, 0.29) is 12.2 Å². The maximum Gasteiger partial charge on any atom is 0.421 e. The van der Waals surface area contributed by atoms with Gasteiger partial charge in [-0.1, -0.05) is 6.92 Å². The Bertz CT molecular complexity index is 759. The van der Waals surface area contributed by atoms with Crippen molar-refractivity contribution in [3.05, 3.63) is 34.9 Å². The summed E-state index contributed by atoms with van der Waals surface area (Å²) in [5.74, 6) is -1.85. The van der Waals surface area contributed by atoms with Crippen molar-refractivity contribution in [2.75, 3.05) is 11.4 Å². The Morgan fingerprint density at radius 3 is 2.42 bits per heavy atom. The second-order valence-corrected chi connectivity index (χ2v) is 4.80. The fourth-order valence-corrected chi connectivity index (χ4v) is 2.00. The number of ketones is 1. The lowest BCUT2D eigenvalue weighted by Crippen LogP contribution is -2.40. The molecule has 0 fully saturated rings. The molecule has 0 aliphatic heterocycles. The van der Waals surface area contributed by atoms with Crippen molar-refractivity contribution in [3.8, 4) is 6.07 Å². The number of rotatable bonds is 5. The molecule has 0 saturated heterocycles. The highest BCUT2D eigenvalue weighted by Crippen LogP contribution is 2.34. The molecule has 0 spiro atoms. The molecular weight excluding hydrogens is 325 g/mol. The van der Waals surface area contributed by atoms with Crippen LogP contribution in [0.5, 0.6) is 0 Å². The normalized spacial score (nSPS) is 10.5. The van der Waals surface area contributed by atoms with Crippen LogP contribution >= 0.6 is 0 Å². The zero-order valence-electron chi connectivity index (χ0n) is 12.9. The number of hydrogen-bond donors (Lipinski definition) is 0. The van der Waals surface area contributed by atoms with Crippen molar-refractivity contribution in [1.29, 1.82) is 5.26 Å². The van der Waals surface area contributed by atoms with Gasteiger partial charge in [0, 0.05) is 19.2 Å². The van der Waals surface area contributed by atoms with Gasteiger partial charge in [-0.3, -0.25) is 9.59 Å². The molecule has 1 amide bonds. The van der Waals surface area contributed by atoms with Crippen molar-refractivity contribution in [2.45, 2.75) is 26.4 Å². The van der Waals surface area contributed by atoms with E-state index in [1.807, 2.05) is 0 Å². The molecule has 0 aromatic heterocycles. The van der Waals surface area contributed by atoms with Crippen molar-refractivity contribution in [3.63, 3.8) is 0 Å². The van der Waals surface area contributed by atoms with Gasteiger partial charge in [-0.2, -0.15) is 23.2 Å². The van der Waals surface area contributed by atoms with Crippen LogP contribution in [0.25, 0.3) is 5.53 Å². The minimum atomic E-state index is -4.78. The maximum atomic E-state index is 13.0. The molecule has 126 valence electrons. The highest BCUT2D eigenvalue weighted by molar-refractivity contribution is 6.65. The molecule has 1 aromatic rings. The van der Waals surface area contributed by atoms with Crippen LogP contribution in [0.1, 0.15) is 31.4 Å². The quantitative estimate of drug-likeness (QED) is 0.357. The second kappa shape index (κ2) is 7.53. The summed E-state index contributed by atoms with van der Waals surface area (Å²) in [6, 6.07) is 4.20. The molecule has 0 atom stereocenters. The van der Waals surface area contributed by atoms with Crippen LogP contribution in [-0.4, -0.2) is 28.7 Å². The van der Waals surface area contributed by atoms with Crippen molar-refractivity contribution in [2.24, 2.45) is 0 Å². The minimum Gasteiger partial charge on any atom is -0.360 e. The number of Topliss-reactive ketones (excluding diaryl/α,β-unsaturated/α-hetero) is 1. The van der Waals surface area contributed by atoms with Gasteiger partial charge in [-0.25, -0.2) is 0 Å². The number of carbonyl (C=O) groups excluding carboxylic acids is 2. The monoisotopic (exact) mass is 338 g/mol. The highest BCUT2D eigenvalue weighted by Gasteiger charge is 2.36. The molecule has 0 unspecified atom stereocenters. The summed E-state index contributed by atoms with van der Waals surface area (Å²) in [6.45, 7) is 2.67. The lowest BCUT2D eigenvalue weighted by atomic mass is 10.1. The largest absolute Gasteiger partial charge is 0.421 e. The highest BCUT2D eigenvalue weighted by atomic mass is 19.4. The molecule has 0 bridgehead atoms. The van der Waals surface area contributed by atoms with E-state index < -0.39 is 34.7 Å². The zero-order chi connectivity index (χ0) is 18.5. The molecule has 0 saturated carbocycles. The molecule has 6 nitrogen and oxygen atoms in total. The van der Waals surface area contributed by atoms with Gasteiger partial charge >= 0.3 is 17.8 Å². The van der Waals surface area contributed by atoms with E-state index in [1.165, 1.54) is 6.07 Å². The first kappa shape index (κ1) is 19.1. The lowest BCUT2D eigenvalue weighted by molar-refractivity contribution is -0.137. The molecule has 0 aliphatic rings. The molecule has 9 heteroatoms. The van der Waals surface area contributed by atoms with Crippen LogP contribution in [0.4, 0.5) is 18.9 Å².